The van der Waals surface area contributed by atoms with Crippen LogP contribution in [0.15, 0.2) is 0 Å². The number of carbonyl (C=O) groups is 1. The van der Waals surface area contributed by atoms with Crippen molar-refractivity contribution in [3.05, 3.63) is 5.82 Å². The number of nitrogens with zero attached hydrogens (tertiary/aromatic N) is 2. The molecule has 0 unspecified atom stereocenters. The maximum Gasteiger partial charge on any atom is 0.293 e. The minimum absolute atomic E-state index is 0.00245. The Kier molecular flexibility index (Phi) is 3.63. The summed E-state index contributed by atoms with van der Waals surface area (Å²) in [5, 5.41) is 3.05. The minimum Gasteiger partial charge on any atom is -0.459 e. The first-order chi connectivity index (χ1) is 6.22. The molecule has 0 aliphatic heterocycles. The lowest BCUT2D eigenvalue weighted by atomic mass is 10.6. The fourth-order valence-corrected chi connectivity index (χ4v) is 1.25. The number of aromatic nitrogens is 2. The number of likely N-dealkylation sites (N-methyl/N-ethyl adjacent to an activating group) is 1. The second-order valence-electron chi connectivity index (χ2n) is 2.35. The number of rotatable bonds is 4. The third kappa shape index (κ3) is 3.37. The van der Waals surface area contributed by atoms with Gasteiger partial charge in [-0.3, -0.25) is 4.79 Å². The van der Waals surface area contributed by atoms with E-state index in [0.29, 0.717) is 17.6 Å². The maximum absolute atomic E-state index is 10.9. The van der Waals surface area contributed by atoms with Gasteiger partial charge in [0.2, 0.25) is 0 Å². The summed E-state index contributed by atoms with van der Waals surface area (Å²) in [6, 6.07) is 0. The quantitative estimate of drug-likeness (QED) is 0.764. The SMILES string of the molecule is CCNC(=O)COc1nc(C)ns1. The van der Waals surface area contributed by atoms with Gasteiger partial charge in [0.25, 0.3) is 11.1 Å². The van der Waals surface area contributed by atoms with Crippen molar-refractivity contribution in [2.75, 3.05) is 13.2 Å². The zero-order chi connectivity index (χ0) is 9.68. The van der Waals surface area contributed by atoms with E-state index in [4.69, 9.17) is 4.74 Å². The molecule has 0 aliphatic carbocycles. The maximum atomic E-state index is 10.9. The number of aryl methyl sites for hydroxylation is 1. The molecule has 1 rings (SSSR count). The zero-order valence-corrected chi connectivity index (χ0v) is 8.35. The van der Waals surface area contributed by atoms with E-state index in [0.717, 1.165) is 11.5 Å². The molecule has 0 aromatic carbocycles. The number of amides is 1. The molecule has 0 saturated heterocycles. The van der Waals surface area contributed by atoms with Gasteiger partial charge in [-0.2, -0.15) is 9.36 Å². The molecule has 1 aromatic rings. The van der Waals surface area contributed by atoms with E-state index in [1.165, 1.54) is 0 Å². The fourth-order valence-electron chi connectivity index (χ4n) is 0.712. The summed E-state index contributed by atoms with van der Waals surface area (Å²) in [6.07, 6.45) is 0. The second-order valence-corrected chi connectivity index (χ2v) is 3.06. The van der Waals surface area contributed by atoms with Crippen LogP contribution in [0.2, 0.25) is 0 Å². The normalized spacial score (nSPS) is 9.69. The monoisotopic (exact) mass is 201 g/mol. The van der Waals surface area contributed by atoms with Crippen LogP contribution in [-0.4, -0.2) is 28.4 Å². The van der Waals surface area contributed by atoms with E-state index in [2.05, 4.69) is 14.7 Å². The van der Waals surface area contributed by atoms with Crippen molar-refractivity contribution in [1.82, 2.24) is 14.7 Å². The average Bonchev–Trinajstić information content (AvgIpc) is 2.49. The van der Waals surface area contributed by atoms with Crippen molar-refractivity contribution in [2.24, 2.45) is 0 Å². The Labute approximate surface area is 80.3 Å². The van der Waals surface area contributed by atoms with Crippen LogP contribution in [-0.2, 0) is 4.79 Å². The molecule has 13 heavy (non-hydrogen) atoms. The van der Waals surface area contributed by atoms with E-state index < -0.39 is 0 Å². The number of carbonyl (C=O) groups excluding carboxylic acids is 1. The highest BCUT2D eigenvalue weighted by Gasteiger charge is 2.04. The van der Waals surface area contributed by atoms with E-state index in [9.17, 15) is 4.79 Å². The van der Waals surface area contributed by atoms with Crippen LogP contribution < -0.4 is 10.1 Å². The van der Waals surface area contributed by atoms with Crippen LogP contribution in [0.1, 0.15) is 12.7 Å². The van der Waals surface area contributed by atoms with Gasteiger partial charge in [-0.25, -0.2) is 0 Å². The Bertz CT molecular complexity index is 287. The average molecular weight is 201 g/mol. The molecule has 0 radical (unpaired) electrons. The number of nitrogens with one attached hydrogen (secondary N) is 1. The van der Waals surface area contributed by atoms with Gasteiger partial charge >= 0.3 is 0 Å². The fraction of sp³-hybridized carbons (Fsp3) is 0.571. The lowest BCUT2D eigenvalue weighted by Crippen LogP contribution is -2.28. The third-order valence-corrected chi connectivity index (χ3v) is 1.93. The first-order valence-electron chi connectivity index (χ1n) is 3.92. The Balaban J connectivity index is 2.30. The standard InChI is InChI=1S/C7H11N3O2S/c1-3-8-6(11)4-12-7-9-5(2)10-13-7/h3-4H2,1-2H3,(H,8,11). The Morgan fingerprint density at radius 1 is 1.69 bits per heavy atom. The first-order valence-corrected chi connectivity index (χ1v) is 4.69. The van der Waals surface area contributed by atoms with Crippen molar-refractivity contribution < 1.29 is 9.53 Å². The molecule has 0 spiro atoms. The van der Waals surface area contributed by atoms with Crippen molar-refractivity contribution >= 4 is 17.4 Å². The van der Waals surface area contributed by atoms with Gasteiger partial charge in [0.05, 0.1) is 0 Å². The number of hydrogen-bond acceptors (Lipinski definition) is 5. The molecule has 6 heteroatoms. The van der Waals surface area contributed by atoms with E-state index in [1.807, 2.05) is 6.92 Å². The summed E-state index contributed by atoms with van der Waals surface area (Å²) in [6.45, 7) is 4.24. The van der Waals surface area contributed by atoms with Crippen molar-refractivity contribution in [3.8, 4) is 5.19 Å². The van der Waals surface area contributed by atoms with Gasteiger partial charge in [-0.05, 0) is 13.8 Å². The molecular formula is C7H11N3O2S. The van der Waals surface area contributed by atoms with Crippen LogP contribution in [0.5, 0.6) is 5.19 Å². The van der Waals surface area contributed by atoms with Gasteiger partial charge in [0.1, 0.15) is 5.82 Å². The van der Waals surface area contributed by atoms with Crippen LogP contribution in [0, 0.1) is 6.92 Å². The predicted octanol–water partition coefficient (Wildman–Crippen LogP) is 0.361. The Morgan fingerprint density at radius 3 is 3.00 bits per heavy atom. The van der Waals surface area contributed by atoms with E-state index in [1.54, 1.807) is 6.92 Å². The van der Waals surface area contributed by atoms with Gasteiger partial charge in [0, 0.05) is 18.1 Å². The van der Waals surface area contributed by atoms with Crippen LogP contribution in [0.25, 0.3) is 0 Å². The molecule has 72 valence electrons. The highest BCUT2D eigenvalue weighted by Crippen LogP contribution is 2.12. The number of hydrogen-bond donors (Lipinski definition) is 1. The topological polar surface area (TPSA) is 64.1 Å². The summed E-state index contributed by atoms with van der Waals surface area (Å²) < 4.78 is 8.99. The van der Waals surface area contributed by atoms with Crippen LogP contribution in [0.4, 0.5) is 0 Å². The molecule has 1 amide bonds. The number of ether oxygens (including phenoxy) is 1. The Hall–Kier alpha value is -1.17. The molecule has 0 atom stereocenters. The molecule has 0 saturated carbocycles. The molecule has 0 aliphatic rings. The second kappa shape index (κ2) is 4.76. The lowest BCUT2D eigenvalue weighted by Gasteiger charge is -2.01. The highest BCUT2D eigenvalue weighted by molar-refractivity contribution is 7.07. The molecule has 0 bridgehead atoms. The summed E-state index contributed by atoms with van der Waals surface area (Å²) in [4.78, 5) is 14.9. The zero-order valence-electron chi connectivity index (χ0n) is 7.53. The molecule has 1 aromatic heterocycles. The molecular weight excluding hydrogens is 190 g/mol. The van der Waals surface area contributed by atoms with Gasteiger partial charge in [-0.15, -0.1) is 0 Å². The highest BCUT2D eigenvalue weighted by atomic mass is 32.1. The third-order valence-electron chi connectivity index (χ3n) is 1.21. The van der Waals surface area contributed by atoms with Gasteiger partial charge in [0.15, 0.2) is 6.61 Å². The lowest BCUT2D eigenvalue weighted by molar-refractivity contribution is -0.122. The van der Waals surface area contributed by atoms with Crippen LogP contribution >= 0.6 is 11.5 Å². The van der Waals surface area contributed by atoms with Crippen molar-refractivity contribution in [3.63, 3.8) is 0 Å². The summed E-state index contributed by atoms with van der Waals surface area (Å²) in [5.41, 5.74) is 0. The molecule has 0 fully saturated rings. The van der Waals surface area contributed by atoms with E-state index >= 15 is 0 Å². The van der Waals surface area contributed by atoms with Crippen molar-refractivity contribution in [1.29, 1.82) is 0 Å². The molecule has 1 heterocycles. The smallest absolute Gasteiger partial charge is 0.293 e. The van der Waals surface area contributed by atoms with Crippen molar-refractivity contribution in [2.45, 2.75) is 13.8 Å². The Morgan fingerprint density at radius 2 is 2.46 bits per heavy atom. The largest absolute Gasteiger partial charge is 0.459 e. The summed E-state index contributed by atoms with van der Waals surface area (Å²) >= 11 is 1.15. The molecule has 1 N–H and O–H groups in total. The van der Waals surface area contributed by atoms with Gasteiger partial charge in [-0.1, -0.05) is 0 Å². The minimum atomic E-state index is -0.143. The summed E-state index contributed by atoms with van der Waals surface area (Å²) in [7, 11) is 0. The molecule has 5 nitrogen and oxygen atoms in total. The van der Waals surface area contributed by atoms with Gasteiger partial charge < -0.3 is 10.1 Å². The first kappa shape index (κ1) is 9.91. The van der Waals surface area contributed by atoms with Crippen LogP contribution in [0.3, 0.4) is 0 Å². The van der Waals surface area contributed by atoms with E-state index in [-0.39, 0.29) is 12.5 Å². The summed E-state index contributed by atoms with van der Waals surface area (Å²) in [5.74, 6) is 0.520. The predicted molar refractivity (Wildman–Crippen MR) is 48.8 cm³/mol.